The molecule has 3 rings (SSSR count). The minimum absolute atomic E-state index is 0.149. The summed E-state index contributed by atoms with van der Waals surface area (Å²) in [6.07, 6.45) is 1.23. The van der Waals surface area contributed by atoms with Crippen LogP contribution in [0.3, 0.4) is 0 Å². The molecule has 0 radical (unpaired) electrons. The van der Waals surface area contributed by atoms with Gasteiger partial charge in [-0.3, -0.25) is 9.69 Å². The lowest BCUT2D eigenvalue weighted by molar-refractivity contribution is -0.130. The summed E-state index contributed by atoms with van der Waals surface area (Å²) in [6, 6.07) is 4.06. The smallest absolute Gasteiger partial charge is 0.222 e. The summed E-state index contributed by atoms with van der Waals surface area (Å²) in [5.74, 6) is 0.998. The highest BCUT2D eigenvalue weighted by molar-refractivity contribution is 7.09. The molecule has 3 heterocycles. The van der Waals surface area contributed by atoms with Crippen molar-refractivity contribution >= 4 is 17.2 Å². The first-order chi connectivity index (χ1) is 12.2. The Balaban J connectivity index is 1.42. The van der Waals surface area contributed by atoms with Crippen LogP contribution in [0.2, 0.25) is 0 Å². The lowest BCUT2D eigenvalue weighted by atomic mass is 10.2. The molecule has 0 atom stereocenters. The van der Waals surface area contributed by atoms with E-state index in [1.165, 1.54) is 4.88 Å². The number of aromatic nitrogens is 4. The first kappa shape index (κ1) is 18.0. The van der Waals surface area contributed by atoms with Gasteiger partial charge in [0.15, 0.2) is 5.82 Å². The molecule has 8 nitrogen and oxygen atoms in total. The van der Waals surface area contributed by atoms with Gasteiger partial charge >= 0.3 is 0 Å². The van der Waals surface area contributed by atoms with E-state index in [0.29, 0.717) is 19.5 Å². The zero-order valence-electron chi connectivity index (χ0n) is 14.5. The van der Waals surface area contributed by atoms with E-state index in [2.05, 4.69) is 20.4 Å². The quantitative estimate of drug-likeness (QED) is 0.696. The summed E-state index contributed by atoms with van der Waals surface area (Å²) >= 11 is 1.67. The summed E-state index contributed by atoms with van der Waals surface area (Å²) in [4.78, 5) is 17.5. The lowest BCUT2D eigenvalue weighted by Gasteiger charge is -2.25. The van der Waals surface area contributed by atoms with Gasteiger partial charge in [-0.15, -0.1) is 16.4 Å². The molecular formula is C16H24N6O2S. The molecule has 9 heteroatoms. The molecule has 25 heavy (non-hydrogen) atoms. The summed E-state index contributed by atoms with van der Waals surface area (Å²) in [5, 5.41) is 14.0. The Bertz CT molecular complexity index is 653. The van der Waals surface area contributed by atoms with Crippen molar-refractivity contribution in [3.63, 3.8) is 0 Å². The Kier molecular flexibility index (Phi) is 6.48. The van der Waals surface area contributed by atoms with Gasteiger partial charge in [-0.05, 0) is 28.3 Å². The van der Waals surface area contributed by atoms with Crippen LogP contribution in [-0.4, -0.2) is 69.3 Å². The zero-order chi connectivity index (χ0) is 17.5. The number of aryl methyl sites for hydroxylation is 1. The van der Waals surface area contributed by atoms with Gasteiger partial charge in [0.1, 0.15) is 0 Å². The maximum absolute atomic E-state index is 12.2. The Morgan fingerprint density at radius 1 is 1.40 bits per heavy atom. The Labute approximate surface area is 151 Å². The number of thiophene rings is 1. The van der Waals surface area contributed by atoms with Crippen molar-refractivity contribution < 1.29 is 9.53 Å². The second-order valence-corrected chi connectivity index (χ2v) is 7.17. The average Bonchev–Trinajstić information content (AvgIpc) is 3.28. The second kappa shape index (κ2) is 9.02. The Morgan fingerprint density at radius 2 is 2.24 bits per heavy atom. The van der Waals surface area contributed by atoms with Crippen LogP contribution in [0.4, 0.5) is 0 Å². The second-order valence-electron chi connectivity index (χ2n) is 6.14. The lowest BCUT2D eigenvalue weighted by Crippen LogP contribution is -2.36. The maximum Gasteiger partial charge on any atom is 0.222 e. The number of amides is 1. The van der Waals surface area contributed by atoms with Crippen LogP contribution in [0, 0.1) is 0 Å². The van der Waals surface area contributed by atoms with Crippen molar-refractivity contribution in [2.75, 3.05) is 33.4 Å². The summed E-state index contributed by atoms with van der Waals surface area (Å²) < 4.78 is 7.17. The van der Waals surface area contributed by atoms with E-state index in [1.54, 1.807) is 16.2 Å². The average molecular weight is 364 g/mol. The number of tetrazole rings is 1. The Hall–Kier alpha value is -1.84. The number of morpholine rings is 1. The third-order valence-electron chi connectivity index (χ3n) is 4.23. The first-order valence-corrected chi connectivity index (χ1v) is 9.42. The SMILES string of the molecule is CN(Cc1cccs1)C(=O)CCCn1nnnc1CN1CCOCC1. The van der Waals surface area contributed by atoms with Crippen LogP contribution in [-0.2, 0) is 29.2 Å². The topological polar surface area (TPSA) is 76.4 Å². The van der Waals surface area contributed by atoms with Crippen LogP contribution >= 0.6 is 11.3 Å². The largest absolute Gasteiger partial charge is 0.379 e. The molecule has 1 aliphatic heterocycles. The molecule has 0 bridgehead atoms. The van der Waals surface area contributed by atoms with E-state index in [0.717, 1.165) is 45.1 Å². The summed E-state index contributed by atoms with van der Waals surface area (Å²) in [5.41, 5.74) is 0. The molecule has 0 spiro atoms. The van der Waals surface area contributed by atoms with Crippen LogP contribution in [0.5, 0.6) is 0 Å². The van der Waals surface area contributed by atoms with Crippen LogP contribution in [0.25, 0.3) is 0 Å². The standard InChI is InChI=1S/C16H24N6O2S/c1-20(12-14-4-3-11-25-14)16(23)5-2-6-22-15(17-18-19-22)13-21-7-9-24-10-8-21/h3-4,11H,2,5-10,12-13H2,1H3. The van der Waals surface area contributed by atoms with Gasteiger partial charge in [0.05, 0.1) is 26.3 Å². The fourth-order valence-corrected chi connectivity index (χ4v) is 3.52. The zero-order valence-corrected chi connectivity index (χ0v) is 15.3. The molecule has 1 fully saturated rings. The molecule has 0 aromatic carbocycles. The van der Waals surface area contributed by atoms with E-state index in [4.69, 9.17) is 4.74 Å². The van der Waals surface area contributed by atoms with Crippen molar-refractivity contribution in [2.24, 2.45) is 0 Å². The molecule has 0 aliphatic carbocycles. The third-order valence-corrected chi connectivity index (χ3v) is 5.10. The maximum atomic E-state index is 12.2. The van der Waals surface area contributed by atoms with Gasteiger partial charge in [0.25, 0.3) is 0 Å². The number of nitrogens with zero attached hydrogens (tertiary/aromatic N) is 6. The van der Waals surface area contributed by atoms with Crippen LogP contribution in [0.15, 0.2) is 17.5 Å². The summed E-state index contributed by atoms with van der Waals surface area (Å²) in [7, 11) is 1.85. The van der Waals surface area contributed by atoms with Crippen molar-refractivity contribution in [3.05, 3.63) is 28.2 Å². The van der Waals surface area contributed by atoms with Gasteiger partial charge in [0, 0.05) is 38.0 Å². The molecule has 0 saturated carbocycles. The minimum atomic E-state index is 0.149. The molecule has 2 aromatic rings. The number of carbonyl (C=O) groups is 1. The molecular weight excluding hydrogens is 340 g/mol. The molecule has 1 amide bonds. The fourth-order valence-electron chi connectivity index (χ4n) is 2.76. The highest BCUT2D eigenvalue weighted by Gasteiger charge is 2.16. The molecule has 2 aromatic heterocycles. The van der Waals surface area contributed by atoms with E-state index in [9.17, 15) is 4.79 Å². The highest BCUT2D eigenvalue weighted by atomic mass is 32.1. The predicted molar refractivity (Wildman–Crippen MR) is 93.9 cm³/mol. The van der Waals surface area contributed by atoms with Gasteiger partial charge in [-0.2, -0.15) is 0 Å². The predicted octanol–water partition coefficient (Wildman–Crippen LogP) is 1.01. The molecule has 0 N–H and O–H groups in total. The van der Waals surface area contributed by atoms with Crippen LogP contribution in [0.1, 0.15) is 23.5 Å². The number of carbonyl (C=O) groups excluding carboxylic acids is 1. The van der Waals surface area contributed by atoms with Gasteiger partial charge in [-0.25, -0.2) is 4.68 Å². The third kappa shape index (κ3) is 5.32. The van der Waals surface area contributed by atoms with E-state index >= 15 is 0 Å². The first-order valence-electron chi connectivity index (χ1n) is 8.54. The van der Waals surface area contributed by atoms with E-state index in [-0.39, 0.29) is 5.91 Å². The van der Waals surface area contributed by atoms with Crippen molar-refractivity contribution in [2.45, 2.75) is 32.5 Å². The van der Waals surface area contributed by atoms with E-state index < -0.39 is 0 Å². The number of rotatable bonds is 8. The molecule has 1 aliphatic rings. The fraction of sp³-hybridized carbons (Fsp3) is 0.625. The van der Waals surface area contributed by atoms with Crippen molar-refractivity contribution in [3.8, 4) is 0 Å². The molecule has 0 unspecified atom stereocenters. The monoisotopic (exact) mass is 364 g/mol. The van der Waals surface area contributed by atoms with Crippen molar-refractivity contribution in [1.29, 1.82) is 0 Å². The number of hydrogen-bond donors (Lipinski definition) is 0. The van der Waals surface area contributed by atoms with Crippen LogP contribution < -0.4 is 0 Å². The van der Waals surface area contributed by atoms with Gasteiger partial charge in [0.2, 0.25) is 5.91 Å². The number of hydrogen-bond acceptors (Lipinski definition) is 7. The molecule has 136 valence electrons. The van der Waals surface area contributed by atoms with Gasteiger partial charge < -0.3 is 9.64 Å². The highest BCUT2D eigenvalue weighted by Crippen LogP contribution is 2.12. The summed E-state index contributed by atoms with van der Waals surface area (Å²) in [6.45, 7) is 5.37. The van der Waals surface area contributed by atoms with Crippen molar-refractivity contribution in [1.82, 2.24) is 30.0 Å². The Morgan fingerprint density at radius 3 is 3.00 bits per heavy atom. The normalized spacial score (nSPS) is 15.4. The minimum Gasteiger partial charge on any atom is -0.379 e. The van der Waals surface area contributed by atoms with Gasteiger partial charge in [-0.1, -0.05) is 6.07 Å². The van der Waals surface area contributed by atoms with E-state index in [1.807, 2.05) is 29.2 Å². The molecule has 1 saturated heterocycles. The number of ether oxygens (including phenoxy) is 1.